The Balaban J connectivity index is 1.63. The van der Waals surface area contributed by atoms with Gasteiger partial charge >= 0.3 is 0 Å². The minimum absolute atomic E-state index is 0.285. The molecule has 0 amide bonds. The van der Waals surface area contributed by atoms with Gasteiger partial charge in [0.2, 0.25) is 0 Å². The maximum Gasteiger partial charge on any atom is 0.0419 e. The molecule has 2 aromatic rings. The third-order valence-corrected chi connectivity index (χ3v) is 3.95. The molecule has 1 aliphatic carbocycles. The van der Waals surface area contributed by atoms with Gasteiger partial charge in [-0.05, 0) is 42.0 Å². The highest BCUT2D eigenvalue weighted by Gasteiger charge is 2.27. The minimum Gasteiger partial charge on any atom is -0.271 e. The number of pyridine rings is 1. The predicted molar refractivity (Wildman–Crippen MR) is 76.6 cm³/mol. The van der Waals surface area contributed by atoms with Gasteiger partial charge in [-0.2, -0.15) is 0 Å². The first kappa shape index (κ1) is 12.3. The highest BCUT2D eigenvalue weighted by molar-refractivity contribution is 5.39. The summed E-state index contributed by atoms with van der Waals surface area (Å²) in [5.41, 5.74) is 7.01. The molecule has 1 aromatic carbocycles. The molecule has 3 nitrogen and oxygen atoms in total. The molecule has 1 aromatic heterocycles. The molecule has 19 heavy (non-hydrogen) atoms. The number of hydrogen-bond donors (Lipinski definition) is 2. The molecule has 0 fully saturated rings. The first-order valence-corrected chi connectivity index (χ1v) is 6.80. The standard InChI is InChI=1S/C16H19N3/c17-19-15(11-14-6-3-4-8-18-14)10-13-9-12-5-1-2-7-16(12)13/h1-8,13,15,19H,9-11,17H2. The van der Waals surface area contributed by atoms with Crippen molar-refractivity contribution in [2.24, 2.45) is 5.84 Å². The van der Waals surface area contributed by atoms with Crippen LogP contribution in [-0.4, -0.2) is 11.0 Å². The molecule has 3 heteroatoms. The van der Waals surface area contributed by atoms with Gasteiger partial charge in [-0.3, -0.25) is 16.3 Å². The fourth-order valence-corrected chi connectivity index (χ4v) is 2.90. The third kappa shape index (κ3) is 2.67. The second kappa shape index (κ2) is 5.51. The predicted octanol–water partition coefficient (Wildman–Crippen LogP) is 2.19. The Morgan fingerprint density at radius 3 is 2.79 bits per heavy atom. The van der Waals surface area contributed by atoms with Crippen LogP contribution < -0.4 is 11.3 Å². The zero-order chi connectivity index (χ0) is 13.1. The normalized spacial score (nSPS) is 18.5. The second-order valence-electron chi connectivity index (χ2n) is 5.22. The minimum atomic E-state index is 0.285. The van der Waals surface area contributed by atoms with Gasteiger partial charge in [0, 0.05) is 24.4 Å². The monoisotopic (exact) mass is 253 g/mol. The zero-order valence-electron chi connectivity index (χ0n) is 10.9. The van der Waals surface area contributed by atoms with Crippen molar-refractivity contribution in [1.29, 1.82) is 0 Å². The van der Waals surface area contributed by atoms with Gasteiger partial charge < -0.3 is 0 Å². The van der Waals surface area contributed by atoms with Crippen molar-refractivity contribution in [3.8, 4) is 0 Å². The Bertz CT molecular complexity index is 539. The maximum absolute atomic E-state index is 5.69. The summed E-state index contributed by atoms with van der Waals surface area (Å²) in [7, 11) is 0. The summed E-state index contributed by atoms with van der Waals surface area (Å²) in [6.45, 7) is 0. The van der Waals surface area contributed by atoms with Crippen molar-refractivity contribution in [1.82, 2.24) is 10.4 Å². The Hall–Kier alpha value is -1.71. The quantitative estimate of drug-likeness (QED) is 0.634. The summed E-state index contributed by atoms with van der Waals surface area (Å²) < 4.78 is 0. The Labute approximate surface area is 113 Å². The van der Waals surface area contributed by atoms with E-state index in [1.165, 1.54) is 17.5 Å². The van der Waals surface area contributed by atoms with E-state index < -0.39 is 0 Å². The van der Waals surface area contributed by atoms with E-state index in [1.807, 2.05) is 18.3 Å². The third-order valence-electron chi connectivity index (χ3n) is 3.95. The van der Waals surface area contributed by atoms with Crippen LogP contribution in [0.1, 0.15) is 29.2 Å². The number of hydrogen-bond acceptors (Lipinski definition) is 3. The van der Waals surface area contributed by atoms with Crippen molar-refractivity contribution < 1.29 is 0 Å². The summed E-state index contributed by atoms with van der Waals surface area (Å²) in [5.74, 6) is 6.33. The first-order valence-electron chi connectivity index (χ1n) is 6.80. The lowest BCUT2D eigenvalue weighted by Gasteiger charge is -2.32. The van der Waals surface area contributed by atoms with Gasteiger partial charge in [-0.1, -0.05) is 30.3 Å². The molecule has 1 aliphatic rings. The number of nitrogens with one attached hydrogen (secondary N) is 1. The molecule has 0 radical (unpaired) electrons. The number of rotatable bonds is 5. The summed E-state index contributed by atoms with van der Waals surface area (Å²) in [5, 5.41) is 0. The molecule has 98 valence electrons. The van der Waals surface area contributed by atoms with Gasteiger partial charge in [-0.25, -0.2) is 0 Å². The number of fused-ring (bicyclic) bond motifs is 1. The molecular weight excluding hydrogens is 234 g/mol. The van der Waals surface area contributed by atoms with Crippen molar-refractivity contribution in [3.63, 3.8) is 0 Å². The van der Waals surface area contributed by atoms with Crippen LogP contribution in [0.25, 0.3) is 0 Å². The van der Waals surface area contributed by atoms with Crippen molar-refractivity contribution in [3.05, 3.63) is 65.5 Å². The number of hydrazine groups is 1. The zero-order valence-corrected chi connectivity index (χ0v) is 10.9. The molecule has 3 rings (SSSR count). The molecule has 0 saturated carbocycles. The Morgan fingerprint density at radius 2 is 2.05 bits per heavy atom. The second-order valence-corrected chi connectivity index (χ2v) is 5.22. The SMILES string of the molecule is NNC(Cc1ccccn1)CC1Cc2ccccc21. The van der Waals surface area contributed by atoms with E-state index in [0.29, 0.717) is 5.92 Å². The van der Waals surface area contributed by atoms with Crippen LogP contribution in [0.2, 0.25) is 0 Å². The van der Waals surface area contributed by atoms with Crippen LogP contribution in [0, 0.1) is 0 Å². The van der Waals surface area contributed by atoms with Crippen LogP contribution in [0.5, 0.6) is 0 Å². The van der Waals surface area contributed by atoms with E-state index in [9.17, 15) is 0 Å². The Morgan fingerprint density at radius 1 is 1.21 bits per heavy atom. The van der Waals surface area contributed by atoms with Gasteiger partial charge in [0.15, 0.2) is 0 Å². The van der Waals surface area contributed by atoms with E-state index >= 15 is 0 Å². The number of aromatic nitrogens is 1. The average molecular weight is 253 g/mol. The summed E-state index contributed by atoms with van der Waals surface area (Å²) in [6.07, 6.45) is 4.97. The van der Waals surface area contributed by atoms with E-state index in [0.717, 1.165) is 18.5 Å². The fourth-order valence-electron chi connectivity index (χ4n) is 2.90. The van der Waals surface area contributed by atoms with Crippen LogP contribution in [0.3, 0.4) is 0 Å². The number of nitrogens with two attached hydrogens (primary N) is 1. The average Bonchev–Trinajstić information content (AvgIpc) is 2.44. The summed E-state index contributed by atoms with van der Waals surface area (Å²) in [6, 6.07) is 15.0. The molecule has 2 unspecified atom stereocenters. The van der Waals surface area contributed by atoms with E-state index in [-0.39, 0.29) is 6.04 Å². The van der Waals surface area contributed by atoms with E-state index in [1.54, 1.807) is 0 Å². The highest BCUT2D eigenvalue weighted by atomic mass is 15.2. The van der Waals surface area contributed by atoms with Crippen molar-refractivity contribution in [2.75, 3.05) is 0 Å². The van der Waals surface area contributed by atoms with Crippen LogP contribution in [0.15, 0.2) is 48.7 Å². The van der Waals surface area contributed by atoms with Gasteiger partial charge in [0.1, 0.15) is 0 Å². The molecule has 0 bridgehead atoms. The van der Waals surface area contributed by atoms with Gasteiger partial charge in [-0.15, -0.1) is 0 Å². The fraction of sp³-hybridized carbons (Fsp3) is 0.312. The lowest BCUT2D eigenvalue weighted by Crippen LogP contribution is -2.39. The van der Waals surface area contributed by atoms with Gasteiger partial charge in [0.25, 0.3) is 0 Å². The Kier molecular flexibility index (Phi) is 3.58. The van der Waals surface area contributed by atoms with Crippen molar-refractivity contribution in [2.45, 2.75) is 31.2 Å². The molecule has 3 N–H and O–H groups in total. The lowest BCUT2D eigenvalue weighted by molar-refractivity contribution is 0.419. The van der Waals surface area contributed by atoms with Gasteiger partial charge in [0.05, 0.1) is 0 Å². The summed E-state index contributed by atoms with van der Waals surface area (Å²) >= 11 is 0. The number of nitrogens with zero attached hydrogens (tertiary/aromatic N) is 1. The maximum atomic E-state index is 5.69. The lowest BCUT2D eigenvalue weighted by atomic mass is 9.74. The topological polar surface area (TPSA) is 50.9 Å². The summed E-state index contributed by atoms with van der Waals surface area (Å²) in [4.78, 5) is 4.37. The van der Waals surface area contributed by atoms with Crippen molar-refractivity contribution >= 4 is 0 Å². The molecule has 0 saturated heterocycles. The molecule has 1 heterocycles. The smallest absolute Gasteiger partial charge is 0.0419 e. The molecule has 0 aliphatic heterocycles. The molecule has 0 spiro atoms. The number of benzene rings is 1. The highest BCUT2D eigenvalue weighted by Crippen LogP contribution is 2.38. The largest absolute Gasteiger partial charge is 0.271 e. The first-order chi connectivity index (χ1) is 9.36. The van der Waals surface area contributed by atoms with Crippen LogP contribution >= 0.6 is 0 Å². The van der Waals surface area contributed by atoms with E-state index in [4.69, 9.17) is 5.84 Å². The van der Waals surface area contributed by atoms with E-state index in [2.05, 4.69) is 40.7 Å². The molecular formula is C16H19N3. The molecule has 2 atom stereocenters. The van der Waals surface area contributed by atoms with Crippen LogP contribution in [0.4, 0.5) is 0 Å². The van der Waals surface area contributed by atoms with Crippen LogP contribution in [-0.2, 0) is 12.8 Å².